The Morgan fingerprint density at radius 2 is 1.86 bits per heavy atom. The molecule has 0 aliphatic heterocycles. The highest BCUT2D eigenvalue weighted by Gasteiger charge is 2.20. The van der Waals surface area contributed by atoms with Gasteiger partial charge in [-0.1, -0.05) is 6.07 Å². The molecule has 0 fully saturated rings. The number of carbonyl (C=O) groups excluding carboxylic acids is 1. The highest BCUT2D eigenvalue weighted by molar-refractivity contribution is 6.07. The van der Waals surface area contributed by atoms with Gasteiger partial charge in [0.15, 0.2) is 5.78 Å². The number of aliphatic hydroxyl groups is 2. The third-order valence-corrected chi connectivity index (χ3v) is 1.85. The van der Waals surface area contributed by atoms with Crippen molar-refractivity contribution < 1.29 is 15.0 Å². The van der Waals surface area contributed by atoms with E-state index in [0.717, 1.165) is 0 Å². The van der Waals surface area contributed by atoms with Crippen molar-refractivity contribution in [2.45, 2.75) is 6.10 Å². The van der Waals surface area contributed by atoms with Gasteiger partial charge in [-0.2, -0.15) is 0 Å². The van der Waals surface area contributed by atoms with Crippen molar-refractivity contribution in [1.82, 2.24) is 0 Å². The molecular formula is C9H12N2O3. The first-order chi connectivity index (χ1) is 6.57. The van der Waals surface area contributed by atoms with Crippen LogP contribution in [0, 0.1) is 0 Å². The van der Waals surface area contributed by atoms with E-state index in [1.807, 2.05) is 0 Å². The van der Waals surface area contributed by atoms with E-state index in [1.165, 1.54) is 12.1 Å². The number of rotatable bonds is 3. The first-order valence-electron chi connectivity index (χ1n) is 4.05. The topological polar surface area (TPSA) is 110 Å². The van der Waals surface area contributed by atoms with Gasteiger partial charge in [0.1, 0.15) is 6.10 Å². The summed E-state index contributed by atoms with van der Waals surface area (Å²) in [4.78, 5) is 11.4. The number of aliphatic hydroxyl groups excluding tert-OH is 2. The first-order valence-corrected chi connectivity index (χ1v) is 4.05. The summed E-state index contributed by atoms with van der Waals surface area (Å²) >= 11 is 0. The smallest absolute Gasteiger partial charge is 0.197 e. The van der Waals surface area contributed by atoms with Crippen LogP contribution < -0.4 is 11.5 Å². The van der Waals surface area contributed by atoms with Crippen LogP contribution in [0.5, 0.6) is 0 Å². The van der Waals surface area contributed by atoms with Crippen molar-refractivity contribution in [3.05, 3.63) is 23.8 Å². The number of Topliss-reactive ketones (excluding diaryl/α,β-unsaturated/α-hetero) is 1. The molecule has 0 amide bonds. The number of carbonyl (C=O) groups is 1. The lowest BCUT2D eigenvalue weighted by Crippen LogP contribution is -2.26. The standard InChI is InChI=1S/C9H12N2O3/c10-5-2-1-3-6(11)8(5)9(14)7(13)4-12/h1-3,7,12-13H,4,10-11H2. The zero-order valence-corrected chi connectivity index (χ0v) is 7.47. The van der Waals surface area contributed by atoms with E-state index in [-0.39, 0.29) is 16.9 Å². The van der Waals surface area contributed by atoms with E-state index < -0.39 is 18.5 Å². The molecule has 14 heavy (non-hydrogen) atoms. The quantitative estimate of drug-likeness (QED) is 0.380. The molecule has 1 unspecified atom stereocenters. The van der Waals surface area contributed by atoms with Crippen molar-refractivity contribution >= 4 is 17.2 Å². The van der Waals surface area contributed by atoms with Crippen molar-refractivity contribution in [1.29, 1.82) is 0 Å². The second-order valence-electron chi connectivity index (χ2n) is 2.87. The SMILES string of the molecule is Nc1cccc(N)c1C(=O)C(O)CO. The number of hydrogen-bond donors (Lipinski definition) is 4. The summed E-state index contributed by atoms with van der Waals surface area (Å²) in [6, 6.07) is 4.62. The van der Waals surface area contributed by atoms with Gasteiger partial charge in [-0.25, -0.2) is 0 Å². The average Bonchev–Trinajstić information content (AvgIpc) is 2.16. The Morgan fingerprint density at radius 3 is 2.29 bits per heavy atom. The van der Waals surface area contributed by atoms with Gasteiger partial charge in [0.05, 0.1) is 12.2 Å². The molecule has 0 radical (unpaired) electrons. The molecule has 1 atom stereocenters. The molecule has 5 nitrogen and oxygen atoms in total. The zero-order chi connectivity index (χ0) is 10.7. The van der Waals surface area contributed by atoms with Gasteiger partial charge in [0, 0.05) is 11.4 Å². The summed E-state index contributed by atoms with van der Waals surface area (Å²) in [6.07, 6.45) is -1.47. The van der Waals surface area contributed by atoms with Crippen LogP contribution in [0.4, 0.5) is 11.4 Å². The summed E-state index contributed by atoms with van der Waals surface area (Å²) in [5.74, 6) is -0.664. The maximum atomic E-state index is 11.4. The van der Waals surface area contributed by atoms with Gasteiger partial charge >= 0.3 is 0 Å². The molecule has 6 N–H and O–H groups in total. The van der Waals surface area contributed by atoms with Crippen LogP contribution in [0.2, 0.25) is 0 Å². The molecule has 1 aromatic rings. The lowest BCUT2D eigenvalue weighted by atomic mass is 10.0. The zero-order valence-electron chi connectivity index (χ0n) is 7.47. The number of benzene rings is 1. The fourth-order valence-electron chi connectivity index (χ4n) is 1.12. The summed E-state index contributed by atoms with van der Waals surface area (Å²) < 4.78 is 0. The molecular weight excluding hydrogens is 184 g/mol. The van der Waals surface area contributed by atoms with Gasteiger partial charge in [-0.15, -0.1) is 0 Å². The summed E-state index contributed by atoms with van der Waals surface area (Å²) in [7, 11) is 0. The van der Waals surface area contributed by atoms with E-state index in [4.69, 9.17) is 21.7 Å². The highest BCUT2D eigenvalue weighted by Crippen LogP contribution is 2.20. The lowest BCUT2D eigenvalue weighted by molar-refractivity contribution is 0.0589. The van der Waals surface area contributed by atoms with Gasteiger partial charge in [0.2, 0.25) is 0 Å². The summed E-state index contributed by atoms with van der Waals surface area (Å²) in [6.45, 7) is -0.646. The van der Waals surface area contributed by atoms with Crippen LogP contribution >= 0.6 is 0 Å². The third-order valence-electron chi connectivity index (χ3n) is 1.85. The average molecular weight is 196 g/mol. The molecule has 1 aromatic carbocycles. The largest absolute Gasteiger partial charge is 0.398 e. The van der Waals surface area contributed by atoms with Crippen LogP contribution in [-0.4, -0.2) is 28.7 Å². The highest BCUT2D eigenvalue weighted by atomic mass is 16.3. The minimum Gasteiger partial charge on any atom is -0.398 e. The number of ketones is 1. The maximum absolute atomic E-state index is 11.4. The second-order valence-corrected chi connectivity index (χ2v) is 2.87. The summed E-state index contributed by atoms with van der Waals surface area (Å²) in [5, 5.41) is 17.7. The van der Waals surface area contributed by atoms with Gasteiger partial charge in [-0.3, -0.25) is 4.79 Å². The molecule has 5 heteroatoms. The van der Waals surface area contributed by atoms with E-state index in [9.17, 15) is 4.79 Å². The molecule has 0 saturated carbocycles. The fraction of sp³-hybridized carbons (Fsp3) is 0.222. The molecule has 0 spiro atoms. The second kappa shape index (κ2) is 4.08. The molecule has 1 rings (SSSR count). The first kappa shape index (κ1) is 10.5. The predicted octanol–water partition coefficient (Wildman–Crippen LogP) is -0.613. The van der Waals surface area contributed by atoms with Crippen molar-refractivity contribution in [2.75, 3.05) is 18.1 Å². The molecule has 0 aliphatic carbocycles. The summed E-state index contributed by atoms with van der Waals surface area (Å²) in [5.41, 5.74) is 11.5. The van der Waals surface area contributed by atoms with Crippen LogP contribution in [0.25, 0.3) is 0 Å². The molecule has 0 heterocycles. The minimum atomic E-state index is -1.47. The van der Waals surface area contributed by atoms with Crippen molar-refractivity contribution in [3.8, 4) is 0 Å². The molecule has 76 valence electrons. The maximum Gasteiger partial charge on any atom is 0.197 e. The monoisotopic (exact) mass is 196 g/mol. The number of nitrogens with two attached hydrogens (primary N) is 2. The molecule has 0 aliphatic rings. The number of anilines is 2. The Balaban J connectivity index is 3.12. The van der Waals surface area contributed by atoms with Gasteiger partial charge in [0.25, 0.3) is 0 Å². The number of hydrogen-bond acceptors (Lipinski definition) is 5. The number of nitrogen functional groups attached to an aromatic ring is 2. The van der Waals surface area contributed by atoms with Crippen molar-refractivity contribution in [3.63, 3.8) is 0 Å². The van der Waals surface area contributed by atoms with E-state index >= 15 is 0 Å². The lowest BCUT2D eigenvalue weighted by Gasteiger charge is -2.10. The molecule has 0 bridgehead atoms. The molecule has 0 aromatic heterocycles. The Labute approximate surface area is 81.0 Å². The van der Waals surface area contributed by atoms with Crippen LogP contribution in [0.1, 0.15) is 10.4 Å². The van der Waals surface area contributed by atoms with Crippen LogP contribution in [0.15, 0.2) is 18.2 Å². The van der Waals surface area contributed by atoms with Gasteiger partial charge < -0.3 is 21.7 Å². The normalized spacial score (nSPS) is 12.4. The fourth-order valence-corrected chi connectivity index (χ4v) is 1.12. The Bertz CT molecular complexity index is 332. The Kier molecular flexibility index (Phi) is 3.06. The molecule has 0 saturated heterocycles. The Hall–Kier alpha value is -1.59. The van der Waals surface area contributed by atoms with Crippen molar-refractivity contribution in [2.24, 2.45) is 0 Å². The minimum absolute atomic E-state index is 0.0639. The predicted molar refractivity (Wildman–Crippen MR) is 52.7 cm³/mol. The van der Waals surface area contributed by atoms with Crippen LogP contribution in [-0.2, 0) is 0 Å². The Morgan fingerprint density at radius 1 is 1.36 bits per heavy atom. The van der Waals surface area contributed by atoms with E-state index in [2.05, 4.69) is 0 Å². The van der Waals surface area contributed by atoms with Gasteiger partial charge in [-0.05, 0) is 12.1 Å². The van der Waals surface area contributed by atoms with E-state index in [1.54, 1.807) is 6.07 Å². The third kappa shape index (κ3) is 1.84. The van der Waals surface area contributed by atoms with E-state index in [0.29, 0.717) is 0 Å². The van der Waals surface area contributed by atoms with Crippen LogP contribution in [0.3, 0.4) is 0 Å².